The summed E-state index contributed by atoms with van der Waals surface area (Å²) in [6, 6.07) is 2.28. The van der Waals surface area contributed by atoms with Crippen LogP contribution >= 0.6 is 11.3 Å². The number of fused-ring (bicyclic) bond motifs is 1. The monoisotopic (exact) mass is 238 g/mol. The SMILES string of the molecule is CCC(CN)CCN1CCc2sccc2C1. The summed E-state index contributed by atoms with van der Waals surface area (Å²) in [6.45, 7) is 6.68. The first kappa shape index (κ1) is 12.1. The molecule has 0 saturated carbocycles. The molecule has 0 aromatic carbocycles. The number of nitrogens with zero attached hydrogens (tertiary/aromatic N) is 1. The lowest BCUT2D eigenvalue weighted by atomic mass is 10.0. The Morgan fingerprint density at radius 2 is 2.44 bits per heavy atom. The van der Waals surface area contributed by atoms with Gasteiger partial charge in [-0.1, -0.05) is 13.3 Å². The third-order valence-electron chi connectivity index (χ3n) is 3.65. The minimum absolute atomic E-state index is 0.712. The third kappa shape index (κ3) is 2.84. The van der Waals surface area contributed by atoms with Gasteiger partial charge in [-0.25, -0.2) is 0 Å². The van der Waals surface area contributed by atoms with E-state index in [4.69, 9.17) is 5.73 Å². The van der Waals surface area contributed by atoms with Crippen LogP contribution in [0.2, 0.25) is 0 Å². The highest BCUT2D eigenvalue weighted by atomic mass is 32.1. The Balaban J connectivity index is 1.81. The Morgan fingerprint density at radius 3 is 3.19 bits per heavy atom. The molecule has 0 bridgehead atoms. The lowest BCUT2D eigenvalue weighted by Crippen LogP contribution is -2.32. The number of rotatable bonds is 5. The Kier molecular flexibility index (Phi) is 4.38. The Hall–Kier alpha value is -0.380. The molecule has 2 rings (SSSR count). The van der Waals surface area contributed by atoms with Crippen molar-refractivity contribution in [3.8, 4) is 0 Å². The largest absolute Gasteiger partial charge is 0.330 e. The topological polar surface area (TPSA) is 29.3 Å². The number of nitrogens with two attached hydrogens (primary N) is 1. The third-order valence-corrected chi connectivity index (χ3v) is 4.67. The zero-order valence-corrected chi connectivity index (χ0v) is 10.9. The van der Waals surface area contributed by atoms with E-state index < -0.39 is 0 Å². The summed E-state index contributed by atoms with van der Waals surface area (Å²) in [4.78, 5) is 4.18. The predicted molar refractivity (Wildman–Crippen MR) is 70.8 cm³/mol. The first-order valence-electron chi connectivity index (χ1n) is 6.31. The number of hydrogen-bond acceptors (Lipinski definition) is 3. The smallest absolute Gasteiger partial charge is 0.0244 e. The van der Waals surface area contributed by atoms with Crippen molar-refractivity contribution in [1.82, 2.24) is 4.90 Å². The zero-order chi connectivity index (χ0) is 11.4. The quantitative estimate of drug-likeness (QED) is 0.854. The van der Waals surface area contributed by atoms with Gasteiger partial charge in [0.05, 0.1) is 0 Å². The average molecular weight is 238 g/mol. The van der Waals surface area contributed by atoms with Crippen LogP contribution in [-0.2, 0) is 13.0 Å². The first-order valence-corrected chi connectivity index (χ1v) is 7.19. The maximum absolute atomic E-state index is 5.74. The Labute approximate surface area is 102 Å². The van der Waals surface area contributed by atoms with Crippen molar-refractivity contribution in [2.75, 3.05) is 19.6 Å². The summed E-state index contributed by atoms with van der Waals surface area (Å²) >= 11 is 1.91. The Bertz CT molecular complexity index is 317. The molecule has 1 aromatic rings. The zero-order valence-electron chi connectivity index (χ0n) is 10.1. The van der Waals surface area contributed by atoms with Crippen LogP contribution in [0, 0.1) is 5.92 Å². The fraction of sp³-hybridized carbons (Fsp3) is 0.692. The van der Waals surface area contributed by atoms with Crippen LogP contribution in [0.5, 0.6) is 0 Å². The van der Waals surface area contributed by atoms with Crippen LogP contribution < -0.4 is 5.73 Å². The molecule has 0 amide bonds. The van der Waals surface area contributed by atoms with E-state index in [-0.39, 0.29) is 0 Å². The minimum Gasteiger partial charge on any atom is -0.330 e. The normalized spacial score (nSPS) is 18.4. The molecule has 1 unspecified atom stereocenters. The van der Waals surface area contributed by atoms with Gasteiger partial charge < -0.3 is 5.73 Å². The van der Waals surface area contributed by atoms with Crippen molar-refractivity contribution in [2.45, 2.75) is 32.7 Å². The second kappa shape index (κ2) is 5.80. The Morgan fingerprint density at radius 1 is 1.56 bits per heavy atom. The van der Waals surface area contributed by atoms with Crippen LogP contribution in [0.1, 0.15) is 30.2 Å². The van der Waals surface area contributed by atoms with E-state index in [9.17, 15) is 0 Å². The fourth-order valence-corrected chi connectivity index (χ4v) is 3.24. The van der Waals surface area contributed by atoms with Gasteiger partial charge in [0.2, 0.25) is 0 Å². The van der Waals surface area contributed by atoms with Crippen molar-refractivity contribution in [2.24, 2.45) is 11.7 Å². The highest BCUT2D eigenvalue weighted by molar-refractivity contribution is 7.10. The number of thiophene rings is 1. The van der Waals surface area contributed by atoms with E-state index in [0.717, 1.165) is 13.1 Å². The molecular formula is C13H22N2S. The first-order chi connectivity index (χ1) is 7.83. The molecule has 1 aliphatic heterocycles. The van der Waals surface area contributed by atoms with Crippen molar-refractivity contribution in [3.05, 3.63) is 21.9 Å². The van der Waals surface area contributed by atoms with Gasteiger partial charge in [-0.15, -0.1) is 11.3 Å². The van der Waals surface area contributed by atoms with Crippen molar-refractivity contribution in [3.63, 3.8) is 0 Å². The van der Waals surface area contributed by atoms with E-state index in [1.165, 1.54) is 32.4 Å². The van der Waals surface area contributed by atoms with Gasteiger partial charge in [0, 0.05) is 18.0 Å². The van der Waals surface area contributed by atoms with E-state index in [1.54, 1.807) is 10.4 Å². The summed E-state index contributed by atoms with van der Waals surface area (Å²) in [7, 11) is 0. The van der Waals surface area contributed by atoms with E-state index in [1.807, 2.05) is 11.3 Å². The lowest BCUT2D eigenvalue weighted by molar-refractivity contribution is 0.234. The van der Waals surface area contributed by atoms with Gasteiger partial charge >= 0.3 is 0 Å². The van der Waals surface area contributed by atoms with Gasteiger partial charge in [-0.2, -0.15) is 0 Å². The minimum atomic E-state index is 0.712. The lowest BCUT2D eigenvalue weighted by Gasteiger charge is -2.28. The fourth-order valence-electron chi connectivity index (χ4n) is 2.35. The van der Waals surface area contributed by atoms with Crippen molar-refractivity contribution in [1.29, 1.82) is 0 Å². The van der Waals surface area contributed by atoms with E-state index in [0.29, 0.717) is 5.92 Å². The van der Waals surface area contributed by atoms with E-state index in [2.05, 4.69) is 23.3 Å². The summed E-state index contributed by atoms with van der Waals surface area (Å²) in [5.41, 5.74) is 7.29. The van der Waals surface area contributed by atoms with Crippen molar-refractivity contribution >= 4 is 11.3 Å². The van der Waals surface area contributed by atoms with Crippen LogP contribution in [0.15, 0.2) is 11.4 Å². The highest BCUT2D eigenvalue weighted by Crippen LogP contribution is 2.24. The standard InChI is InChI=1S/C13H22N2S/c1-2-11(9-14)3-6-15-7-4-13-12(10-15)5-8-16-13/h5,8,11H,2-4,6-7,9-10,14H2,1H3. The van der Waals surface area contributed by atoms with Gasteiger partial charge in [-0.05, 0) is 48.9 Å². The van der Waals surface area contributed by atoms with Crippen LogP contribution in [0.3, 0.4) is 0 Å². The number of hydrogen-bond donors (Lipinski definition) is 1. The van der Waals surface area contributed by atoms with Gasteiger partial charge in [0.25, 0.3) is 0 Å². The van der Waals surface area contributed by atoms with E-state index >= 15 is 0 Å². The maximum atomic E-state index is 5.74. The molecule has 0 saturated heterocycles. The summed E-state index contributed by atoms with van der Waals surface area (Å²) in [5.74, 6) is 0.712. The van der Waals surface area contributed by atoms with Crippen LogP contribution in [0.4, 0.5) is 0 Å². The maximum Gasteiger partial charge on any atom is 0.0244 e. The van der Waals surface area contributed by atoms with Gasteiger partial charge in [-0.3, -0.25) is 4.90 Å². The molecule has 0 spiro atoms. The molecule has 3 heteroatoms. The second-order valence-corrected chi connectivity index (χ2v) is 5.69. The van der Waals surface area contributed by atoms with Crippen LogP contribution in [-0.4, -0.2) is 24.5 Å². The highest BCUT2D eigenvalue weighted by Gasteiger charge is 2.17. The van der Waals surface area contributed by atoms with Crippen molar-refractivity contribution < 1.29 is 0 Å². The molecule has 0 fully saturated rings. The molecule has 0 aliphatic carbocycles. The molecule has 2 N–H and O–H groups in total. The molecule has 1 aliphatic rings. The second-order valence-electron chi connectivity index (χ2n) is 4.69. The average Bonchev–Trinajstić information content (AvgIpc) is 2.77. The molecule has 2 heterocycles. The molecule has 90 valence electrons. The molecule has 1 atom stereocenters. The molecule has 2 nitrogen and oxygen atoms in total. The molecular weight excluding hydrogens is 216 g/mol. The van der Waals surface area contributed by atoms with Crippen LogP contribution in [0.25, 0.3) is 0 Å². The predicted octanol–water partition coefficient (Wildman–Crippen LogP) is 2.48. The molecule has 0 radical (unpaired) electrons. The molecule has 16 heavy (non-hydrogen) atoms. The van der Waals surface area contributed by atoms with Gasteiger partial charge in [0.15, 0.2) is 0 Å². The summed E-state index contributed by atoms with van der Waals surface area (Å²) < 4.78 is 0. The summed E-state index contributed by atoms with van der Waals surface area (Å²) in [5, 5.41) is 2.23. The van der Waals surface area contributed by atoms with Gasteiger partial charge in [0.1, 0.15) is 0 Å². The molecule has 1 aromatic heterocycles. The summed E-state index contributed by atoms with van der Waals surface area (Å²) in [6.07, 6.45) is 3.72.